The van der Waals surface area contributed by atoms with Crippen molar-refractivity contribution in [2.75, 3.05) is 4.90 Å². The van der Waals surface area contributed by atoms with Crippen LogP contribution < -0.4 is 4.90 Å². The molecule has 0 amide bonds. The molecule has 10 rings (SSSR count). The molecule has 10 aromatic rings. The van der Waals surface area contributed by atoms with E-state index in [1.54, 1.807) is 0 Å². The molecule has 0 N–H and O–H groups in total. The van der Waals surface area contributed by atoms with Gasteiger partial charge in [0, 0.05) is 27.8 Å². The maximum absolute atomic E-state index is 6.40. The normalized spacial score (nSPS) is 11.3. The molecule has 0 aliphatic carbocycles. The van der Waals surface area contributed by atoms with E-state index in [-0.39, 0.29) is 0 Å². The molecule has 254 valence electrons. The summed E-state index contributed by atoms with van der Waals surface area (Å²) in [5.41, 5.74) is 14.6. The average Bonchev–Trinajstić information content (AvgIpc) is 3.64. The minimum Gasteiger partial charge on any atom is -0.456 e. The molecular weight excluding hydrogens is 655 g/mol. The van der Waals surface area contributed by atoms with Gasteiger partial charge in [0.25, 0.3) is 0 Å². The van der Waals surface area contributed by atoms with Gasteiger partial charge in [-0.25, -0.2) is 0 Å². The largest absolute Gasteiger partial charge is 0.456 e. The van der Waals surface area contributed by atoms with Crippen LogP contribution in [0.3, 0.4) is 0 Å². The third kappa shape index (κ3) is 5.71. The van der Waals surface area contributed by atoms with Gasteiger partial charge >= 0.3 is 0 Å². The van der Waals surface area contributed by atoms with Crippen LogP contribution >= 0.6 is 0 Å². The molecular formula is C52H35NO. The highest BCUT2D eigenvalue weighted by atomic mass is 16.3. The minimum absolute atomic E-state index is 0.910. The highest BCUT2D eigenvalue weighted by Gasteiger charge is 2.17. The van der Waals surface area contributed by atoms with E-state index in [0.29, 0.717) is 0 Å². The Bertz CT molecular complexity index is 2790. The van der Waals surface area contributed by atoms with Gasteiger partial charge < -0.3 is 9.32 Å². The summed E-state index contributed by atoms with van der Waals surface area (Å²) in [5.74, 6) is 0. The third-order valence-corrected chi connectivity index (χ3v) is 10.5. The Balaban J connectivity index is 1.06. The molecule has 2 nitrogen and oxygen atoms in total. The summed E-state index contributed by atoms with van der Waals surface area (Å²) >= 11 is 0. The minimum atomic E-state index is 0.910. The third-order valence-electron chi connectivity index (χ3n) is 10.5. The lowest BCUT2D eigenvalue weighted by atomic mass is 9.92. The second kappa shape index (κ2) is 13.4. The van der Waals surface area contributed by atoms with Gasteiger partial charge in [-0.2, -0.15) is 0 Å². The Labute approximate surface area is 314 Å². The fraction of sp³-hybridized carbons (Fsp3) is 0. The molecule has 0 atom stereocenters. The number of para-hydroxylation sites is 1. The van der Waals surface area contributed by atoms with Crippen molar-refractivity contribution >= 4 is 49.8 Å². The first-order valence-corrected chi connectivity index (χ1v) is 18.4. The van der Waals surface area contributed by atoms with E-state index in [0.717, 1.165) is 44.6 Å². The van der Waals surface area contributed by atoms with Crippen molar-refractivity contribution in [2.24, 2.45) is 0 Å². The molecule has 9 aromatic carbocycles. The number of anilines is 3. The van der Waals surface area contributed by atoms with E-state index >= 15 is 0 Å². The Morgan fingerprint density at radius 2 is 0.704 bits per heavy atom. The van der Waals surface area contributed by atoms with Crippen LogP contribution in [-0.4, -0.2) is 0 Å². The van der Waals surface area contributed by atoms with Gasteiger partial charge in [0.1, 0.15) is 11.2 Å². The Morgan fingerprint density at radius 1 is 0.278 bits per heavy atom. The van der Waals surface area contributed by atoms with Crippen LogP contribution in [-0.2, 0) is 0 Å². The first-order valence-electron chi connectivity index (χ1n) is 18.4. The zero-order chi connectivity index (χ0) is 35.8. The molecule has 0 fully saturated rings. The molecule has 0 radical (unpaired) electrons. The van der Waals surface area contributed by atoms with Gasteiger partial charge in [0.05, 0.1) is 0 Å². The lowest BCUT2D eigenvalue weighted by Gasteiger charge is -2.26. The van der Waals surface area contributed by atoms with Crippen LogP contribution in [0.4, 0.5) is 17.1 Å². The summed E-state index contributed by atoms with van der Waals surface area (Å²) in [6, 6.07) is 75.8. The van der Waals surface area contributed by atoms with Crippen molar-refractivity contribution in [2.45, 2.75) is 0 Å². The van der Waals surface area contributed by atoms with Gasteiger partial charge in [-0.05, 0) is 110 Å². The molecule has 1 heterocycles. The van der Waals surface area contributed by atoms with Crippen molar-refractivity contribution in [1.29, 1.82) is 0 Å². The van der Waals surface area contributed by atoms with Crippen LogP contribution in [0.25, 0.3) is 77.2 Å². The molecule has 0 unspecified atom stereocenters. The van der Waals surface area contributed by atoms with Gasteiger partial charge in [-0.15, -0.1) is 0 Å². The number of rotatable bonds is 7. The van der Waals surface area contributed by atoms with E-state index in [9.17, 15) is 0 Å². The highest BCUT2D eigenvalue weighted by Crippen LogP contribution is 2.42. The lowest BCUT2D eigenvalue weighted by Crippen LogP contribution is -2.09. The molecule has 54 heavy (non-hydrogen) atoms. The SMILES string of the molecule is c1ccc(-c2ccc(N(c3ccc(-c4ccccc4)cc3)c3ccc(-c4ccc5c(c4)c(-c4ccccc4)cc4oc6ccccc6c45)cc3)cc2)cc1. The van der Waals surface area contributed by atoms with Crippen molar-refractivity contribution in [1.82, 2.24) is 0 Å². The Kier molecular flexibility index (Phi) is 7.85. The fourth-order valence-electron chi connectivity index (χ4n) is 7.79. The molecule has 0 spiro atoms. The molecule has 0 aliphatic heterocycles. The standard InChI is InChI=1S/C52H35NO/c1-4-12-36(13-5-1)38-20-27-43(28-21-38)53(44-29-22-39(23-30-44)37-14-6-2-7-15-37)45-31-24-40(25-32-45)42-26-33-46-49(34-42)48(41-16-8-3-9-17-41)35-51-52(46)47-18-10-11-19-50(47)54-51/h1-35H. The van der Waals surface area contributed by atoms with Crippen molar-refractivity contribution in [3.63, 3.8) is 0 Å². The molecule has 0 bridgehead atoms. The van der Waals surface area contributed by atoms with Crippen molar-refractivity contribution in [3.8, 4) is 44.5 Å². The first kappa shape index (κ1) is 31.6. The Morgan fingerprint density at radius 3 is 1.24 bits per heavy atom. The number of benzene rings is 9. The van der Waals surface area contributed by atoms with Crippen LogP contribution in [0.15, 0.2) is 217 Å². The van der Waals surface area contributed by atoms with Gasteiger partial charge in [-0.3, -0.25) is 0 Å². The summed E-state index contributed by atoms with van der Waals surface area (Å²) in [4.78, 5) is 2.34. The van der Waals surface area contributed by atoms with E-state index in [1.807, 2.05) is 6.07 Å². The monoisotopic (exact) mass is 689 g/mol. The molecule has 1 aromatic heterocycles. The predicted octanol–water partition coefficient (Wildman–Crippen LogP) is 14.9. The lowest BCUT2D eigenvalue weighted by molar-refractivity contribution is 0.669. The average molecular weight is 690 g/mol. The zero-order valence-electron chi connectivity index (χ0n) is 29.6. The molecule has 2 heteroatoms. The second-order valence-electron chi connectivity index (χ2n) is 13.7. The topological polar surface area (TPSA) is 16.4 Å². The number of hydrogen-bond donors (Lipinski definition) is 0. The predicted molar refractivity (Wildman–Crippen MR) is 228 cm³/mol. The molecule has 0 saturated heterocycles. The van der Waals surface area contributed by atoms with Crippen LogP contribution in [0.2, 0.25) is 0 Å². The van der Waals surface area contributed by atoms with Gasteiger partial charge in [-0.1, -0.05) is 158 Å². The second-order valence-corrected chi connectivity index (χ2v) is 13.7. The zero-order valence-corrected chi connectivity index (χ0v) is 29.6. The van der Waals surface area contributed by atoms with Crippen molar-refractivity contribution < 1.29 is 4.42 Å². The highest BCUT2D eigenvalue weighted by molar-refractivity contribution is 6.22. The quantitative estimate of drug-likeness (QED) is 0.166. The first-order chi connectivity index (χ1) is 26.8. The number of hydrogen-bond acceptors (Lipinski definition) is 2. The number of furan rings is 1. The van der Waals surface area contributed by atoms with Gasteiger partial charge in [0.15, 0.2) is 0 Å². The summed E-state index contributed by atoms with van der Waals surface area (Å²) in [5, 5.41) is 4.71. The van der Waals surface area contributed by atoms with E-state index in [1.165, 1.54) is 49.7 Å². The summed E-state index contributed by atoms with van der Waals surface area (Å²) in [7, 11) is 0. The fourth-order valence-corrected chi connectivity index (χ4v) is 7.79. The van der Waals surface area contributed by atoms with Crippen LogP contribution in [0, 0.1) is 0 Å². The molecule has 0 saturated carbocycles. The van der Waals surface area contributed by atoms with E-state index in [4.69, 9.17) is 4.42 Å². The summed E-state index contributed by atoms with van der Waals surface area (Å²) < 4.78 is 6.40. The maximum Gasteiger partial charge on any atom is 0.136 e. The summed E-state index contributed by atoms with van der Waals surface area (Å²) in [6.45, 7) is 0. The van der Waals surface area contributed by atoms with E-state index in [2.05, 4.69) is 211 Å². The van der Waals surface area contributed by atoms with Crippen LogP contribution in [0.1, 0.15) is 0 Å². The smallest absolute Gasteiger partial charge is 0.136 e. The summed E-state index contributed by atoms with van der Waals surface area (Å²) in [6.07, 6.45) is 0. The van der Waals surface area contributed by atoms with Gasteiger partial charge in [0.2, 0.25) is 0 Å². The number of nitrogens with zero attached hydrogens (tertiary/aromatic N) is 1. The maximum atomic E-state index is 6.40. The van der Waals surface area contributed by atoms with Crippen LogP contribution in [0.5, 0.6) is 0 Å². The van der Waals surface area contributed by atoms with Crippen molar-refractivity contribution in [3.05, 3.63) is 212 Å². The Hall–Kier alpha value is -7.16. The number of fused-ring (bicyclic) bond motifs is 5. The molecule has 0 aliphatic rings. The van der Waals surface area contributed by atoms with E-state index < -0.39 is 0 Å².